The molecule has 1 aliphatic rings. The van der Waals surface area contributed by atoms with Crippen LogP contribution in [0.3, 0.4) is 0 Å². The molecule has 0 saturated carbocycles. The van der Waals surface area contributed by atoms with Gasteiger partial charge in [-0.3, -0.25) is 4.90 Å². The van der Waals surface area contributed by atoms with Gasteiger partial charge in [0.05, 0.1) is 6.07 Å². The second-order valence-corrected chi connectivity index (χ2v) is 4.05. The molecule has 1 saturated heterocycles. The summed E-state index contributed by atoms with van der Waals surface area (Å²) in [6, 6.07) is 2.24. The molecule has 0 unspecified atom stereocenters. The van der Waals surface area contributed by atoms with Crippen molar-refractivity contribution in [2.24, 2.45) is 5.92 Å². The summed E-state index contributed by atoms with van der Waals surface area (Å²) in [7, 11) is 0. The van der Waals surface area contributed by atoms with Crippen LogP contribution in [0.2, 0.25) is 0 Å². The number of hydrogen-bond donors (Lipinski definition) is 0. The van der Waals surface area contributed by atoms with E-state index in [0.717, 1.165) is 31.1 Å². The molecule has 0 amide bonds. The van der Waals surface area contributed by atoms with E-state index >= 15 is 0 Å². The minimum Gasteiger partial charge on any atom is -0.298 e. The van der Waals surface area contributed by atoms with E-state index in [9.17, 15) is 0 Å². The summed E-state index contributed by atoms with van der Waals surface area (Å²) in [4.78, 5) is 2.39. The molecule has 0 radical (unpaired) electrons. The van der Waals surface area contributed by atoms with Crippen molar-refractivity contribution >= 4 is 0 Å². The van der Waals surface area contributed by atoms with Crippen LogP contribution >= 0.6 is 0 Å². The molecule has 2 heteroatoms. The molecule has 0 aromatic carbocycles. The van der Waals surface area contributed by atoms with Gasteiger partial charge in [0, 0.05) is 12.1 Å². The van der Waals surface area contributed by atoms with Crippen molar-refractivity contribution in [3.05, 3.63) is 11.6 Å². The Kier molecular flexibility index (Phi) is 4.69. The highest BCUT2D eigenvalue weighted by molar-refractivity contribution is 5.21. The summed E-state index contributed by atoms with van der Waals surface area (Å²) in [6.45, 7) is 7.39. The maximum absolute atomic E-state index is 8.81. The predicted molar refractivity (Wildman–Crippen MR) is 58.8 cm³/mol. The van der Waals surface area contributed by atoms with Gasteiger partial charge in [0.1, 0.15) is 0 Å². The molecule has 0 N–H and O–H groups in total. The van der Waals surface area contributed by atoms with E-state index in [0.29, 0.717) is 0 Å². The van der Waals surface area contributed by atoms with E-state index in [1.807, 2.05) is 13.0 Å². The zero-order valence-corrected chi connectivity index (χ0v) is 9.29. The monoisotopic (exact) mass is 192 g/mol. The first-order chi connectivity index (χ1) is 6.80. The molecule has 0 spiro atoms. The molecule has 0 aromatic rings. The van der Waals surface area contributed by atoms with Gasteiger partial charge in [-0.1, -0.05) is 19.4 Å². The summed E-state index contributed by atoms with van der Waals surface area (Å²) in [5, 5.41) is 8.81. The average Bonchev–Trinajstić information content (AvgIpc) is 2.26. The quantitative estimate of drug-likeness (QED) is 0.643. The second kappa shape index (κ2) is 5.82. The van der Waals surface area contributed by atoms with Crippen LogP contribution in [0.25, 0.3) is 0 Å². The number of allylic oxidation sites excluding steroid dienone is 1. The minimum absolute atomic E-state index is 0.851. The number of rotatable bonds is 3. The van der Waals surface area contributed by atoms with Gasteiger partial charge in [-0.05, 0) is 38.8 Å². The van der Waals surface area contributed by atoms with Crippen LogP contribution in [0.15, 0.2) is 11.6 Å². The van der Waals surface area contributed by atoms with Gasteiger partial charge in [0.15, 0.2) is 0 Å². The Labute approximate surface area is 87.2 Å². The van der Waals surface area contributed by atoms with Crippen LogP contribution in [0.5, 0.6) is 0 Å². The van der Waals surface area contributed by atoms with Crippen molar-refractivity contribution in [1.29, 1.82) is 5.26 Å². The van der Waals surface area contributed by atoms with Gasteiger partial charge in [0.2, 0.25) is 0 Å². The van der Waals surface area contributed by atoms with E-state index in [2.05, 4.69) is 17.9 Å². The maximum atomic E-state index is 8.81. The Morgan fingerprint density at radius 3 is 2.57 bits per heavy atom. The summed E-state index contributed by atoms with van der Waals surface area (Å²) in [6.07, 6.45) is 5.84. The van der Waals surface area contributed by atoms with Crippen LogP contribution in [0, 0.1) is 17.2 Å². The van der Waals surface area contributed by atoms with Gasteiger partial charge >= 0.3 is 0 Å². The van der Waals surface area contributed by atoms with Crippen molar-refractivity contribution in [1.82, 2.24) is 4.90 Å². The normalized spacial score (nSPS) is 20.8. The van der Waals surface area contributed by atoms with E-state index in [1.54, 1.807) is 0 Å². The molecule has 1 aliphatic heterocycles. The lowest BCUT2D eigenvalue weighted by Crippen LogP contribution is -2.34. The molecule has 14 heavy (non-hydrogen) atoms. The Hall–Kier alpha value is -0.810. The maximum Gasteiger partial charge on any atom is 0.0957 e. The largest absolute Gasteiger partial charge is 0.298 e. The van der Waals surface area contributed by atoms with Gasteiger partial charge < -0.3 is 0 Å². The van der Waals surface area contributed by atoms with Crippen LogP contribution in [-0.4, -0.2) is 24.5 Å². The van der Waals surface area contributed by atoms with Crippen molar-refractivity contribution in [2.45, 2.75) is 33.1 Å². The smallest absolute Gasteiger partial charge is 0.0957 e. The molecule has 1 heterocycles. The van der Waals surface area contributed by atoms with Crippen molar-refractivity contribution in [3.8, 4) is 6.07 Å². The topological polar surface area (TPSA) is 27.0 Å². The van der Waals surface area contributed by atoms with E-state index in [-0.39, 0.29) is 0 Å². The van der Waals surface area contributed by atoms with Gasteiger partial charge in [0.25, 0.3) is 0 Å². The number of hydrogen-bond acceptors (Lipinski definition) is 2. The predicted octanol–water partition coefficient (Wildman–Crippen LogP) is 2.58. The summed E-state index contributed by atoms with van der Waals surface area (Å²) in [5.74, 6) is 0.919. The second-order valence-electron chi connectivity index (χ2n) is 4.05. The van der Waals surface area contributed by atoms with Crippen molar-refractivity contribution in [3.63, 3.8) is 0 Å². The number of piperidine rings is 1. The molecule has 0 aromatic heterocycles. The Morgan fingerprint density at radius 2 is 2.14 bits per heavy atom. The first-order valence-electron chi connectivity index (χ1n) is 5.57. The Morgan fingerprint density at radius 1 is 1.50 bits per heavy atom. The molecule has 78 valence electrons. The molecule has 1 rings (SSSR count). The molecule has 0 aliphatic carbocycles. The van der Waals surface area contributed by atoms with Crippen LogP contribution in [-0.2, 0) is 0 Å². The lowest BCUT2D eigenvalue weighted by Gasteiger charge is -2.31. The van der Waals surface area contributed by atoms with E-state index in [1.165, 1.54) is 19.3 Å². The fourth-order valence-corrected chi connectivity index (χ4v) is 1.98. The lowest BCUT2D eigenvalue weighted by molar-refractivity contribution is 0.196. The molecular weight excluding hydrogens is 172 g/mol. The third-order valence-electron chi connectivity index (χ3n) is 3.17. The molecular formula is C12H20N2. The summed E-state index contributed by atoms with van der Waals surface area (Å²) < 4.78 is 0. The number of nitriles is 1. The first kappa shape index (κ1) is 11.3. The Balaban J connectivity index is 2.33. The third-order valence-corrected chi connectivity index (χ3v) is 3.17. The van der Waals surface area contributed by atoms with Crippen LogP contribution < -0.4 is 0 Å². The fraction of sp³-hybridized carbons (Fsp3) is 0.750. The van der Waals surface area contributed by atoms with E-state index < -0.39 is 0 Å². The first-order valence-corrected chi connectivity index (χ1v) is 5.57. The van der Waals surface area contributed by atoms with Crippen molar-refractivity contribution < 1.29 is 0 Å². The zero-order valence-electron chi connectivity index (χ0n) is 9.29. The minimum atomic E-state index is 0.851. The third kappa shape index (κ3) is 3.16. The summed E-state index contributed by atoms with van der Waals surface area (Å²) in [5.41, 5.74) is 0.903. The van der Waals surface area contributed by atoms with Gasteiger partial charge in [-0.15, -0.1) is 0 Å². The highest BCUT2D eigenvalue weighted by Gasteiger charge is 2.17. The molecule has 0 atom stereocenters. The molecule has 0 bridgehead atoms. The summed E-state index contributed by atoms with van der Waals surface area (Å²) >= 11 is 0. The van der Waals surface area contributed by atoms with Crippen LogP contribution in [0.1, 0.15) is 33.1 Å². The Bertz CT molecular complexity index is 229. The lowest BCUT2D eigenvalue weighted by atomic mass is 9.94. The number of likely N-dealkylation sites (tertiary alicyclic amines) is 1. The molecule has 1 fully saturated rings. The zero-order chi connectivity index (χ0) is 10.4. The average molecular weight is 192 g/mol. The van der Waals surface area contributed by atoms with Gasteiger partial charge in [-0.2, -0.15) is 5.26 Å². The highest BCUT2D eigenvalue weighted by atomic mass is 15.1. The highest BCUT2D eigenvalue weighted by Crippen LogP contribution is 2.20. The SMILES string of the molecule is C/C=C(\C#N)CN1CCC(CC)CC1. The van der Waals surface area contributed by atoms with Crippen molar-refractivity contribution in [2.75, 3.05) is 19.6 Å². The van der Waals surface area contributed by atoms with Crippen LogP contribution in [0.4, 0.5) is 0 Å². The van der Waals surface area contributed by atoms with Gasteiger partial charge in [-0.25, -0.2) is 0 Å². The fourth-order valence-electron chi connectivity index (χ4n) is 1.98. The number of nitrogens with zero attached hydrogens (tertiary/aromatic N) is 2. The molecule has 2 nitrogen and oxygen atoms in total. The van der Waals surface area contributed by atoms with E-state index in [4.69, 9.17) is 5.26 Å². The standard InChI is InChI=1S/C12H20N2/c1-3-11-5-7-14(8-6-11)10-12(4-2)9-13/h4,11H,3,5-8,10H2,1-2H3/b12-4+.